The van der Waals surface area contributed by atoms with Crippen molar-refractivity contribution in [1.82, 2.24) is 0 Å². The quantitative estimate of drug-likeness (QED) is 0.752. The number of hydrogen-bond donors (Lipinski definition) is 0. The van der Waals surface area contributed by atoms with E-state index in [1.165, 1.54) is 0 Å². The monoisotopic (exact) mass is 269 g/mol. The number of nitrogens with zero attached hydrogens (tertiary/aromatic N) is 1. The molecule has 1 heterocycles. The number of benzene rings is 1. The minimum Gasteiger partial charge on any atom is -0.292 e. The number of hydrogen-bond acceptors (Lipinski definition) is 2. The highest BCUT2D eigenvalue weighted by Gasteiger charge is 2.44. The third kappa shape index (κ3) is 2.12. The van der Waals surface area contributed by atoms with Crippen LogP contribution in [0.1, 0.15) is 36.5 Å². The molecule has 1 aromatic carbocycles. The molecular weight excluding hydrogens is 257 g/mol. The number of alkyl halides is 1. The molecule has 0 saturated carbocycles. The Balaban J connectivity index is 2.44. The number of carbonyl (C=O) groups excluding carboxylic acids is 1. The van der Waals surface area contributed by atoms with Crippen molar-refractivity contribution in [3.63, 3.8) is 0 Å². The van der Waals surface area contributed by atoms with Crippen LogP contribution in [0.5, 0.6) is 0 Å². The van der Waals surface area contributed by atoms with Crippen LogP contribution in [0.4, 0.5) is 5.69 Å². The third-order valence-electron chi connectivity index (χ3n) is 2.93. The van der Waals surface area contributed by atoms with Crippen molar-refractivity contribution in [2.75, 3.05) is 0 Å². The summed E-state index contributed by atoms with van der Waals surface area (Å²) >= 11 is 12.4. The fraction of sp³-hybridized carbons (Fsp3) is 0.385. The van der Waals surface area contributed by atoms with E-state index < -0.39 is 4.87 Å². The maximum absolute atomic E-state index is 12.4. The second-order valence-electron chi connectivity index (χ2n) is 4.15. The molecule has 1 aliphatic rings. The van der Waals surface area contributed by atoms with Crippen LogP contribution in [0.2, 0.25) is 0 Å². The molecule has 0 amide bonds. The van der Waals surface area contributed by atoms with Crippen molar-refractivity contribution in [2.45, 2.75) is 31.1 Å². The van der Waals surface area contributed by atoms with Gasteiger partial charge in [0.05, 0.1) is 5.69 Å². The molecule has 0 radical (unpaired) electrons. The first-order valence-electron chi connectivity index (χ1n) is 5.67. The van der Waals surface area contributed by atoms with Crippen molar-refractivity contribution in [3.05, 3.63) is 29.8 Å². The second kappa shape index (κ2) is 4.79. The van der Waals surface area contributed by atoms with E-state index in [-0.39, 0.29) is 11.0 Å². The van der Waals surface area contributed by atoms with Crippen molar-refractivity contribution in [1.29, 1.82) is 0 Å². The summed E-state index contributed by atoms with van der Waals surface area (Å²) in [5.41, 5.74) is 1.17. The average Bonchev–Trinajstić information content (AvgIpc) is 2.34. The molecule has 1 unspecified atom stereocenters. The molecule has 90 valence electrons. The Kier molecular flexibility index (Phi) is 3.55. The van der Waals surface area contributed by atoms with E-state index in [1.807, 2.05) is 19.1 Å². The predicted octanol–water partition coefficient (Wildman–Crippen LogP) is 4.32. The van der Waals surface area contributed by atoms with Gasteiger partial charge in [0, 0.05) is 5.56 Å². The number of ketones is 1. The zero-order valence-corrected chi connectivity index (χ0v) is 11.1. The van der Waals surface area contributed by atoms with Gasteiger partial charge in [-0.1, -0.05) is 43.5 Å². The maximum Gasteiger partial charge on any atom is 0.192 e. The molecule has 0 aliphatic carbocycles. The molecule has 0 bridgehead atoms. The van der Waals surface area contributed by atoms with Crippen molar-refractivity contribution in [3.8, 4) is 0 Å². The summed E-state index contributed by atoms with van der Waals surface area (Å²) in [6.07, 6.45) is 2.34. The molecule has 0 fully saturated rings. The minimum absolute atomic E-state index is 0.136. The highest BCUT2D eigenvalue weighted by molar-refractivity contribution is 6.77. The number of aliphatic imine (C=N–C) groups is 1. The Hall–Kier alpha value is -0.860. The van der Waals surface area contributed by atoms with E-state index in [0.717, 1.165) is 12.8 Å². The number of fused-ring (bicyclic) bond motifs is 1. The first kappa shape index (κ1) is 12.6. The normalized spacial score (nSPS) is 23.2. The molecule has 4 heteroatoms. The Bertz CT molecular complexity index is 484. The first-order chi connectivity index (χ1) is 8.09. The van der Waals surface area contributed by atoms with E-state index >= 15 is 0 Å². The lowest BCUT2D eigenvalue weighted by molar-refractivity contribution is 0.0962. The maximum atomic E-state index is 12.4. The lowest BCUT2D eigenvalue weighted by Gasteiger charge is -2.28. The molecular formula is C13H13Cl2NO. The average molecular weight is 270 g/mol. The standard InChI is InChI=1S/C13H13Cl2NO/c1-2-3-8-13(15)11(17)9-6-4-5-7-10(9)16-12(13)14/h4-7H,2-3,8H2,1H3. The van der Waals surface area contributed by atoms with E-state index in [0.29, 0.717) is 17.7 Å². The van der Waals surface area contributed by atoms with E-state index in [1.54, 1.807) is 12.1 Å². The molecule has 1 aromatic rings. The fourth-order valence-electron chi connectivity index (χ4n) is 1.90. The van der Waals surface area contributed by atoms with Crippen LogP contribution in [-0.2, 0) is 0 Å². The smallest absolute Gasteiger partial charge is 0.192 e. The van der Waals surface area contributed by atoms with Crippen LogP contribution < -0.4 is 0 Å². The van der Waals surface area contributed by atoms with Gasteiger partial charge in [-0.3, -0.25) is 4.79 Å². The van der Waals surface area contributed by atoms with Gasteiger partial charge in [-0.05, 0) is 18.6 Å². The Morgan fingerprint density at radius 2 is 2.06 bits per heavy atom. The van der Waals surface area contributed by atoms with Crippen molar-refractivity contribution < 1.29 is 4.79 Å². The zero-order chi connectivity index (χ0) is 12.5. The summed E-state index contributed by atoms with van der Waals surface area (Å²) in [4.78, 5) is 15.4. The van der Waals surface area contributed by atoms with Gasteiger partial charge in [0.25, 0.3) is 0 Å². The number of carbonyl (C=O) groups is 1. The number of unbranched alkanes of at least 4 members (excludes halogenated alkanes) is 1. The van der Waals surface area contributed by atoms with Gasteiger partial charge in [0.15, 0.2) is 10.7 Å². The highest BCUT2D eigenvalue weighted by Crippen LogP contribution is 2.38. The molecule has 17 heavy (non-hydrogen) atoms. The van der Waals surface area contributed by atoms with Crippen LogP contribution in [0.25, 0.3) is 0 Å². The molecule has 1 aliphatic heterocycles. The topological polar surface area (TPSA) is 29.4 Å². The molecule has 0 spiro atoms. The lowest BCUT2D eigenvalue weighted by Crippen LogP contribution is -2.40. The molecule has 2 nitrogen and oxygen atoms in total. The number of rotatable bonds is 3. The van der Waals surface area contributed by atoms with E-state index in [9.17, 15) is 4.79 Å². The SMILES string of the molecule is CCCCC1(Cl)C(=O)c2ccccc2N=C1Cl. The lowest BCUT2D eigenvalue weighted by atomic mass is 9.89. The summed E-state index contributed by atoms with van der Waals surface area (Å²) in [6, 6.07) is 7.15. The van der Waals surface area contributed by atoms with Gasteiger partial charge in [0.1, 0.15) is 5.17 Å². The van der Waals surface area contributed by atoms with Crippen LogP contribution in [-0.4, -0.2) is 15.8 Å². The summed E-state index contributed by atoms with van der Waals surface area (Å²) in [6.45, 7) is 2.05. The zero-order valence-electron chi connectivity index (χ0n) is 9.54. The molecule has 2 rings (SSSR count). The highest BCUT2D eigenvalue weighted by atomic mass is 35.5. The largest absolute Gasteiger partial charge is 0.292 e. The Morgan fingerprint density at radius 1 is 1.35 bits per heavy atom. The van der Waals surface area contributed by atoms with Gasteiger partial charge >= 0.3 is 0 Å². The van der Waals surface area contributed by atoms with Crippen LogP contribution >= 0.6 is 23.2 Å². The number of para-hydroxylation sites is 1. The summed E-state index contributed by atoms with van der Waals surface area (Å²) < 4.78 is 0. The van der Waals surface area contributed by atoms with Crippen LogP contribution in [0, 0.1) is 0 Å². The molecule has 0 N–H and O–H groups in total. The number of Topliss-reactive ketones (excluding diaryl/α,β-unsaturated/α-hetero) is 1. The molecule has 0 saturated heterocycles. The summed E-state index contributed by atoms with van der Waals surface area (Å²) in [5.74, 6) is -0.136. The molecule has 1 atom stereocenters. The summed E-state index contributed by atoms with van der Waals surface area (Å²) in [5, 5.41) is 0.191. The third-order valence-corrected chi connectivity index (χ3v) is 3.97. The first-order valence-corrected chi connectivity index (χ1v) is 6.42. The van der Waals surface area contributed by atoms with E-state index in [2.05, 4.69) is 4.99 Å². The predicted molar refractivity (Wildman–Crippen MR) is 71.8 cm³/mol. The van der Waals surface area contributed by atoms with Crippen LogP contribution in [0.15, 0.2) is 29.3 Å². The van der Waals surface area contributed by atoms with Gasteiger partial charge in [-0.2, -0.15) is 0 Å². The van der Waals surface area contributed by atoms with Gasteiger partial charge in [0.2, 0.25) is 0 Å². The number of halogens is 2. The van der Waals surface area contributed by atoms with Gasteiger partial charge in [-0.25, -0.2) is 4.99 Å². The Labute approximate surface area is 111 Å². The fourth-order valence-corrected chi connectivity index (χ4v) is 2.45. The van der Waals surface area contributed by atoms with Crippen molar-refractivity contribution >= 4 is 39.8 Å². The second-order valence-corrected chi connectivity index (χ2v) is 5.16. The van der Waals surface area contributed by atoms with Crippen LogP contribution in [0.3, 0.4) is 0 Å². The summed E-state index contributed by atoms with van der Waals surface area (Å²) in [7, 11) is 0. The van der Waals surface area contributed by atoms with E-state index in [4.69, 9.17) is 23.2 Å². The van der Waals surface area contributed by atoms with Crippen molar-refractivity contribution in [2.24, 2.45) is 4.99 Å². The molecule has 0 aromatic heterocycles. The van der Waals surface area contributed by atoms with Gasteiger partial charge < -0.3 is 0 Å². The van der Waals surface area contributed by atoms with Gasteiger partial charge in [-0.15, -0.1) is 11.6 Å². The minimum atomic E-state index is -1.16. The Morgan fingerprint density at radius 3 is 2.76 bits per heavy atom.